The minimum atomic E-state index is 0.137. The zero-order valence-electron chi connectivity index (χ0n) is 9.86. The van der Waals surface area contributed by atoms with E-state index in [1.165, 1.54) is 11.3 Å². The molecule has 2 N–H and O–H groups in total. The summed E-state index contributed by atoms with van der Waals surface area (Å²) in [5.41, 5.74) is 5.72. The van der Waals surface area contributed by atoms with Gasteiger partial charge in [-0.2, -0.15) is 0 Å². The van der Waals surface area contributed by atoms with Crippen LogP contribution in [0.5, 0.6) is 0 Å². The number of amides is 1. The van der Waals surface area contributed by atoms with Gasteiger partial charge in [-0.1, -0.05) is 0 Å². The maximum Gasteiger partial charge on any atom is 0.265 e. The molecule has 1 aliphatic rings. The average Bonchev–Trinajstić information content (AvgIpc) is 2.75. The Morgan fingerprint density at radius 1 is 1.65 bits per heavy atom. The number of carbonyl (C=O) groups is 1. The van der Waals surface area contributed by atoms with Crippen LogP contribution < -0.4 is 5.73 Å². The molecule has 0 saturated carbocycles. The number of likely N-dealkylation sites (tertiary alicyclic amines) is 1. The molecule has 0 spiro atoms. The Hall–Kier alpha value is -0.390. The number of piperidine rings is 1. The van der Waals surface area contributed by atoms with Gasteiger partial charge < -0.3 is 10.6 Å². The second-order valence-corrected chi connectivity index (χ2v) is 6.35. The fraction of sp³-hybridized carbons (Fsp3) is 0.583. The van der Waals surface area contributed by atoms with Gasteiger partial charge in [0.1, 0.15) is 4.88 Å². The smallest absolute Gasteiger partial charge is 0.265 e. The third-order valence-corrected chi connectivity index (χ3v) is 5.21. The van der Waals surface area contributed by atoms with E-state index in [4.69, 9.17) is 5.73 Å². The number of hydrogen-bond acceptors (Lipinski definition) is 3. The highest BCUT2D eigenvalue weighted by molar-refractivity contribution is 9.10. The largest absolute Gasteiger partial charge is 0.335 e. The number of nitrogens with two attached hydrogens (primary N) is 1. The Bertz CT molecular complexity index is 407. The van der Waals surface area contributed by atoms with E-state index >= 15 is 0 Å². The molecule has 2 rings (SSSR count). The molecule has 17 heavy (non-hydrogen) atoms. The van der Waals surface area contributed by atoms with Gasteiger partial charge in [-0.15, -0.1) is 11.3 Å². The van der Waals surface area contributed by atoms with Gasteiger partial charge >= 0.3 is 0 Å². The fourth-order valence-corrected chi connectivity index (χ4v) is 3.73. The van der Waals surface area contributed by atoms with E-state index in [0.29, 0.717) is 18.5 Å². The second kappa shape index (κ2) is 5.50. The van der Waals surface area contributed by atoms with Gasteiger partial charge in [0.05, 0.1) is 0 Å². The summed E-state index contributed by atoms with van der Waals surface area (Å²) in [7, 11) is 0. The van der Waals surface area contributed by atoms with Crippen LogP contribution in [0.3, 0.4) is 0 Å². The van der Waals surface area contributed by atoms with Crippen molar-refractivity contribution in [1.29, 1.82) is 0 Å². The molecule has 1 saturated heterocycles. The zero-order valence-corrected chi connectivity index (χ0v) is 12.3. The number of rotatable bonds is 2. The van der Waals surface area contributed by atoms with Crippen LogP contribution >= 0.6 is 27.3 Å². The lowest BCUT2D eigenvalue weighted by Crippen LogP contribution is -2.47. The second-order valence-electron chi connectivity index (χ2n) is 4.58. The third-order valence-electron chi connectivity index (χ3n) is 3.39. The number of carbonyl (C=O) groups excluding carboxylic acids is 1. The van der Waals surface area contributed by atoms with Crippen LogP contribution in [0.4, 0.5) is 0 Å². The Kier molecular flexibility index (Phi) is 4.22. The number of halogens is 1. The Balaban J connectivity index is 2.15. The first-order chi connectivity index (χ1) is 8.13. The van der Waals surface area contributed by atoms with Crippen molar-refractivity contribution < 1.29 is 4.79 Å². The lowest BCUT2D eigenvalue weighted by Gasteiger charge is -2.37. The first-order valence-corrected chi connectivity index (χ1v) is 7.54. The molecule has 0 radical (unpaired) electrons. The molecule has 2 unspecified atom stereocenters. The minimum absolute atomic E-state index is 0.137. The van der Waals surface area contributed by atoms with Crippen LogP contribution in [-0.4, -0.2) is 29.9 Å². The number of hydrogen-bond donors (Lipinski definition) is 1. The first-order valence-electron chi connectivity index (χ1n) is 5.87. The van der Waals surface area contributed by atoms with E-state index in [-0.39, 0.29) is 5.91 Å². The summed E-state index contributed by atoms with van der Waals surface area (Å²) in [4.78, 5) is 15.2. The fourth-order valence-electron chi connectivity index (χ4n) is 2.23. The molecular formula is C12H17BrN2OS. The molecule has 5 heteroatoms. The molecule has 0 aromatic carbocycles. The van der Waals surface area contributed by atoms with Gasteiger partial charge in [0.15, 0.2) is 0 Å². The van der Waals surface area contributed by atoms with Crippen LogP contribution in [0.15, 0.2) is 15.9 Å². The highest BCUT2D eigenvalue weighted by atomic mass is 79.9. The number of nitrogens with zero attached hydrogens (tertiary/aromatic N) is 1. The van der Waals surface area contributed by atoms with Crippen molar-refractivity contribution in [2.45, 2.75) is 25.8 Å². The summed E-state index contributed by atoms with van der Waals surface area (Å²) in [5.74, 6) is 0.589. The lowest BCUT2D eigenvalue weighted by molar-refractivity contribution is 0.0571. The molecule has 1 aliphatic heterocycles. The van der Waals surface area contributed by atoms with Crippen molar-refractivity contribution in [1.82, 2.24) is 4.90 Å². The highest BCUT2D eigenvalue weighted by Crippen LogP contribution is 2.28. The van der Waals surface area contributed by atoms with Gasteiger partial charge in [-0.3, -0.25) is 4.79 Å². The molecule has 1 aromatic rings. The van der Waals surface area contributed by atoms with Crippen molar-refractivity contribution in [2.75, 3.05) is 13.1 Å². The maximum absolute atomic E-state index is 12.4. The van der Waals surface area contributed by atoms with Crippen LogP contribution in [-0.2, 0) is 0 Å². The predicted molar refractivity (Wildman–Crippen MR) is 74.3 cm³/mol. The summed E-state index contributed by atoms with van der Waals surface area (Å²) >= 11 is 4.92. The zero-order chi connectivity index (χ0) is 12.4. The normalized spacial score (nSPS) is 25.0. The SMILES string of the molecule is CC1CCC(CN)CN1C(=O)c1sccc1Br. The molecule has 94 valence electrons. The Labute approximate surface area is 114 Å². The van der Waals surface area contributed by atoms with E-state index in [0.717, 1.165) is 28.7 Å². The molecule has 2 heterocycles. The van der Waals surface area contributed by atoms with Crippen molar-refractivity contribution in [3.8, 4) is 0 Å². The molecule has 2 atom stereocenters. The van der Waals surface area contributed by atoms with Gasteiger partial charge in [0.2, 0.25) is 0 Å². The van der Waals surface area contributed by atoms with Gasteiger partial charge in [-0.25, -0.2) is 0 Å². The quantitative estimate of drug-likeness (QED) is 0.911. The van der Waals surface area contributed by atoms with E-state index in [1.54, 1.807) is 0 Å². The van der Waals surface area contributed by atoms with Crippen LogP contribution in [0, 0.1) is 5.92 Å². The van der Waals surface area contributed by atoms with Gasteiger partial charge in [0.25, 0.3) is 5.91 Å². The van der Waals surface area contributed by atoms with Crippen LogP contribution in [0.2, 0.25) is 0 Å². The summed E-state index contributed by atoms with van der Waals surface area (Å²) < 4.78 is 0.898. The van der Waals surface area contributed by atoms with E-state index in [2.05, 4.69) is 22.9 Å². The molecule has 0 aliphatic carbocycles. The van der Waals surface area contributed by atoms with E-state index in [1.807, 2.05) is 16.3 Å². The molecule has 1 fully saturated rings. The van der Waals surface area contributed by atoms with Gasteiger partial charge in [-0.05, 0) is 59.6 Å². The lowest BCUT2D eigenvalue weighted by atomic mass is 9.93. The summed E-state index contributed by atoms with van der Waals surface area (Å²) in [6, 6.07) is 2.24. The first kappa shape index (κ1) is 13.1. The molecule has 1 amide bonds. The minimum Gasteiger partial charge on any atom is -0.335 e. The predicted octanol–water partition coefficient (Wildman–Crippen LogP) is 2.71. The summed E-state index contributed by atoms with van der Waals surface area (Å²) in [6.45, 7) is 3.58. The van der Waals surface area contributed by atoms with Crippen LogP contribution in [0.1, 0.15) is 29.4 Å². The van der Waals surface area contributed by atoms with Crippen LogP contribution in [0.25, 0.3) is 0 Å². The summed E-state index contributed by atoms with van der Waals surface area (Å²) in [6.07, 6.45) is 2.18. The molecule has 3 nitrogen and oxygen atoms in total. The van der Waals surface area contributed by atoms with Crippen molar-refractivity contribution in [2.24, 2.45) is 11.7 Å². The van der Waals surface area contributed by atoms with Crippen molar-refractivity contribution >= 4 is 33.2 Å². The van der Waals surface area contributed by atoms with Gasteiger partial charge in [0, 0.05) is 17.1 Å². The molecular weight excluding hydrogens is 300 g/mol. The maximum atomic E-state index is 12.4. The monoisotopic (exact) mass is 316 g/mol. The summed E-state index contributed by atoms with van der Waals surface area (Å²) in [5, 5.41) is 1.94. The topological polar surface area (TPSA) is 46.3 Å². The Morgan fingerprint density at radius 3 is 3.00 bits per heavy atom. The highest BCUT2D eigenvalue weighted by Gasteiger charge is 2.30. The molecule has 1 aromatic heterocycles. The van der Waals surface area contributed by atoms with Crippen molar-refractivity contribution in [3.05, 3.63) is 20.8 Å². The van der Waals surface area contributed by atoms with E-state index in [9.17, 15) is 4.79 Å². The molecule has 0 bridgehead atoms. The Morgan fingerprint density at radius 2 is 2.41 bits per heavy atom. The standard InChI is InChI=1S/C12H17BrN2OS/c1-8-2-3-9(6-14)7-15(8)12(16)11-10(13)4-5-17-11/h4-5,8-9H,2-3,6-7,14H2,1H3. The number of thiophene rings is 1. The van der Waals surface area contributed by atoms with E-state index < -0.39 is 0 Å². The third kappa shape index (κ3) is 2.72. The van der Waals surface area contributed by atoms with Crippen molar-refractivity contribution in [3.63, 3.8) is 0 Å². The average molecular weight is 317 g/mol.